The number of nitrogen functional groups attached to an aromatic ring is 1. The maximum atomic E-state index is 12.5. The summed E-state index contributed by atoms with van der Waals surface area (Å²) in [6, 6.07) is 7.65. The van der Waals surface area contributed by atoms with E-state index in [0.717, 1.165) is 31.4 Å². The van der Waals surface area contributed by atoms with Crippen molar-refractivity contribution < 1.29 is 4.79 Å². The third-order valence-corrected chi connectivity index (χ3v) is 3.77. The minimum atomic E-state index is 0. The van der Waals surface area contributed by atoms with Crippen LogP contribution in [-0.2, 0) is 0 Å². The molecule has 2 rings (SSSR count). The van der Waals surface area contributed by atoms with E-state index in [1.807, 2.05) is 12.1 Å². The summed E-state index contributed by atoms with van der Waals surface area (Å²) in [6.07, 6.45) is 5.78. The van der Waals surface area contributed by atoms with Crippen molar-refractivity contribution in [2.75, 3.05) is 12.3 Å². The Kier molecular flexibility index (Phi) is 6.16. The molecule has 19 heavy (non-hydrogen) atoms. The number of halogens is 1. The second-order valence-corrected chi connectivity index (χ2v) is 5.03. The largest absolute Gasteiger partial charge is 0.399 e. The molecule has 2 N–H and O–H groups in total. The number of amides is 1. The number of benzene rings is 1. The molecule has 1 amide bonds. The molecule has 3 nitrogen and oxygen atoms in total. The molecular formula is C15H23ClN2O. The van der Waals surface area contributed by atoms with Gasteiger partial charge in [-0.05, 0) is 43.5 Å². The lowest BCUT2D eigenvalue weighted by Gasteiger charge is -2.29. The van der Waals surface area contributed by atoms with Crippen LogP contribution in [0.4, 0.5) is 5.69 Å². The molecule has 106 valence electrons. The van der Waals surface area contributed by atoms with Gasteiger partial charge in [0.25, 0.3) is 5.91 Å². The number of likely N-dealkylation sites (tertiary alicyclic amines) is 1. The van der Waals surface area contributed by atoms with E-state index in [4.69, 9.17) is 5.73 Å². The van der Waals surface area contributed by atoms with Gasteiger partial charge in [-0.15, -0.1) is 12.4 Å². The molecular weight excluding hydrogens is 260 g/mol. The number of anilines is 1. The number of nitrogens with zero attached hydrogens (tertiary/aromatic N) is 1. The lowest BCUT2D eigenvalue weighted by Crippen LogP contribution is -2.39. The highest BCUT2D eigenvalue weighted by Gasteiger charge is 2.24. The summed E-state index contributed by atoms with van der Waals surface area (Å²) in [6.45, 7) is 3.06. The van der Waals surface area contributed by atoms with Gasteiger partial charge in [0, 0.05) is 23.8 Å². The van der Waals surface area contributed by atoms with E-state index in [2.05, 4.69) is 11.8 Å². The van der Waals surface area contributed by atoms with Gasteiger partial charge in [0.1, 0.15) is 0 Å². The lowest BCUT2D eigenvalue weighted by molar-refractivity contribution is 0.0678. The molecule has 0 saturated carbocycles. The van der Waals surface area contributed by atoms with Gasteiger partial charge in [-0.3, -0.25) is 4.79 Å². The van der Waals surface area contributed by atoms with Gasteiger partial charge in [0.15, 0.2) is 0 Å². The van der Waals surface area contributed by atoms with Crippen LogP contribution in [0.2, 0.25) is 0 Å². The fourth-order valence-corrected chi connectivity index (χ4v) is 2.66. The van der Waals surface area contributed by atoms with Crippen LogP contribution in [0.3, 0.4) is 0 Å². The predicted octanol–water partition coefficient (Wildman–Crippen LogP) is 3.49. The number of rotatable bonds is 2. The molecule has 1 aromatic rings. The highest BCUT2D eigenvalue weighted by molar-refractivity contribution is 5.94. The minimum absolute atomic E-state index is 0. The number of hydrogen-bond donors (Lipinski definition) is 1. The van der Waals surface area contributed by atoms with E-state index in [-0.39, 0.29) is 18.3 Å². The first-order valence-electron chi connectivity index (χ1n) is 6.89. The Hall–Kier alpha value is -1.22. The van der Waals surface area contributed by atoms with E-state index >= 15 is 0 Å². The first kappa shape index (κ1) is 15.8. The van der Waals surface area contributed by atoms with Gasteiger partial charge in [-0.1, -0.05) is 19.8 Å². The third-order valence-electron chi connectivity index (χ3n) is 3.77. The standard InChI is InChI=1S/C15H22N2O.ClH/c1-2-14-6-4-3-5-11-17(14)15(18)12-7-9-13(16)10-8-12;/h7-10,14H,2-6,11,16H2,1H3;1H. The quantitative estimate of drug-likeness (QED) is 0.844. The summed E-state index contributed by atoms with van der Waals surface area (Å²) in [5.74, 6) is 0.156. The fraction of sp³-hybridized carbons (Fsp3) is 0.533. The summed E-state index contributed by atoms with van der Waals surface area (Å²) in [5.41, 5.74) is 7.12. The maximum Gasteiger partial charge on any atom is 0.254 e. The monoisotopic (exact) mass is 282 g/mol. The molecule has 1 aliphatic heterocycles. The maximum absolute atomic E-state index is 12.5. The highest BCUT2D eigenvalue weighted by atomic mass is 35.5. The van der Waals surface area contributed by atoms with Gasteiger partial charge in [0.05, 0.1) is 0 Å². The van der Waals surface area contributed by atoms with Crippen LogP contribution in [0.5, 0.6) is 0 Å². The van der Waals surface area contributed by atoms with E-state index < -0.39 is 0 Å². The third kappa shape index (κ3) is 3.87. The predicted molar refractivity (Wildman–Crippen MR) is 81.7 cm³/mol. The van der Waals surface area contributed by atoms with E-state index in [9.17, 15) is 4.79 Å². The Bertz CT molecular complexity index is 405. The van der Waals surface area contributed by atoms with Gasteiger partial charge < -0.3 is 10.6 Å². The fourth-order valence-electron chi connectivity index (χ4n) is 2.66. The molecule has 1 unspecified atom stereocenters. The van der Waals surface area contributed by atoms with Crippen LogP contribution in [0, 0.1) is 0 Å². The Balaban J connectivity index is 0.00000180. The van der Waals surface area contributed by atoms with Crippen molar-refractivity contribution in [3.8, 4) is 0 Å². The molecule has 0 aliphatic carbocycles. The highest BCUT2D eigenvalue weighted by Crippen LogP contribution is 2.21. The van der Waals surface area contributed by atoms with E-state index in [1.54, 1.807) is 12.1 Å². The zero-order valence-corrected chi connectivity index (χ0v) is 12.3. The zero-order valence-electron chi connectivity index (χ0n) is 11.5. The van der Waals surface area contributed by atoms with Crippen LogP contribution in [0.1, 0.15) is 49.4 Å². The van der Waals surface area contributed by atoms with Gasteiger partial charge in [0.2, 0.25) is 0 Å². The molecule has 1 fully saturated rings. The van der Waals surface area contributed by atoms with Crippen LogP contribution in [0.15, 0.2) is 24.3 Å². The van der Waals surface area contributed by atoms with Crippen LogP contribution < -0.4 is 5.73 Å². The summed E-state index contributed by atoms with van der Waals surface area (Å²) >= 11 is 0. The first-order chi connectivity index (χ1) is 8.72. The number of carbonyl (C=O) groups is 1. The summed E-state index contributed by atoms with van der Waals surface area (Å²) in [7, 11) is 0. The molecule has 1 saturated heterocycles. The van der Waals surface area contributed by atoms with Crippen molar-refractivity contribution in [1.29, 1.82) is 0 Å². The Morgan fingerprint density at radius 1 is 1.26 bits per heavy atom. The minimum Gasteiger partial charge on any atom is -0.399 e. The van der Waals surface area contributed by atoms with Crippen LogP contribution in [0.25, 0.3) is 0 Å². The normalized spacial score (nSPS) is 19.4. The molecule has 4 heteroatoms. The molecule has 0 aromatic heterocycles. The number of nitrogens with two attached hydrogens (primary N) is 1. The van der Waals surface area contributed by atoms with Crippen molar-refractivity contribution in [2.24, 2.45) is 0 Å². The molecule has 1 atom stereocenters. The van der Waals surface area contributed by atoms with Crippen molar-refractivity contribution in [3.63, 3.8) is 0 Å². The Labute approximate surface area is 121 Å². The summed E-state index contributed by atoms with van der Waals surface area (Å²) in [5, 5.41) is 0. The van der Waals surface area contributed by atoms with Crippen molar-refractivity contribution >= 4 is 24.0 Å². The van der Waals surface area contributed by atoms with E-state index in [1.165, 1.54) is 12.8 Å². The molecule has 0 bridgehead atoms. The summed E-state index contributed by atoms with van der Waals surface area (Å²) in [4.78, 5) is 14.6. The van der Waals surface area contributed by atoms with Gasteiger partial charge in [-0.25, -0.2) is 0 Å². The average Bonchev–Trinajstić information content (AvgIpc) is 2.63. The Morgan fingerprint density at radius 3 is 2.58 bits per heavy atom. The number of carbonyl (C=O) groups excluding carboxylic acids is 1. The van der Waals surface area contributed by atoms with E-state index in [0.29, 0.717) is 11.7 Å². The van der Waals surface area contributed by atoms with Gasteiger partial charge in [-0.2, -0.15) is 0 Å². The SMILES string of the molecule is CCC1CCCCCN1C(=O)c1ccc(N)cc1.Cl. The Morgan fingerprint density at radius 2 is 1.95 bits per heavy atom. The van der Waals surface area contributed by atoms with Gasteiger partial charge >= 0.3 is 0 Å². The summed E-state index contributed by atoms with van der Waals surface area (Å²) < 4.78 is 0. The average molecular weight is 283 g/mol. The van der Waals surface area contributed by atoms with Crippen molar-refractivity contribution in [2.45, 2.75) is 45.1 Å². The molecule has 1 aliphatic rings. The van der Waals surface area contributed by atoms with Crippen molar-refractivity contribution in [3.05, 3.63) is 29.8 Å². The molecule has 1 aromatic carbocycles. The lowest BCUT2D eigenvalue weighted by atomic mass is 10.1. The second kappa shape index (κ2) is 7.39. The van der Waals surface area contributed by atoms with Crippen LogP contribution >= 0.6 is 12.4 Å². The molecule has 0 spiro atoms. The second-order valence-electron chi connectivity index (χ2n) is 5.03. The first-order valence-corrected chi connectivity index (χ1v) is 6.89. The van der Waals surface area contributed by atoms with Crippen molar-refractivity contribution in [1.82, 2.24) is 4.90 Å². The smallest absolute Gasteiger partial charge is 0.254 e. The molecule has 1 heterocycles. The topological polar surface area (TPSA) is 46.3 Å². The number of hydrogen-bond acceptors (Lipinski definition) is 2. The van der Waals surface area contributed by atoms with Crippen LogP contribution in [-0.4, -0.2) is 23.4 Å². The zero-order chi connectivity index (χ0) is 13.0. The molecule has 0 radical (unpaired) electrons.